The van der Waals surface area contributed by atoms with Crippen LogP contribution in [0.1, 0.15) is 39.0 Å². The molecule has 1 N–H and O–H groups in total. The number of hydrogen-bond donors (Lipinski definition) is 1. The van der Waals surface area contributed by atoms with E-state index >= 15 is 0 Å². The van der Waals surface area contributed by atoms with Crippen molar-refractivity contribution in [3.05, 3.63) is 12.2 Å². The first-order valence-corrected chi connectivity index (χ1v) is 5.74. The van der Waals surface area contributed by atoms with Crippen molar-refractivity contribution in [3.63, 3.8) is 0 Å². The SMILES string of the molecule is CCC(=O)NC1CC2C=CCC(C2)C1. The Kier molecular flexibility index (Phi) is 2.90. The van der Waals surface area contributed by atoms with E-state index in [1.807, 2.05) is 6.92 Å². The summed E-state index contributed by atoms with van der Waals surface area (Å²) < 4.78 is 0. The summed E-state index contributed by atoms with van der Waals surface area (Å²) in [6.07, 6.45) is 10.2. The van der Waals surface area contributed by atoms with Gasteiger partial charge in [-0.3, -0.25) is 4.79 Å². The van der Waals surface area contributed by atoms with Gasteiger partial charge in [-0.05, 0) is 37.5 Å². The summed E-state index contributed by atoms with van der Waals surface area (Å²) in [7, 11) is 0. The van der Waals surface area contributed by atoms with Gasteiger partial charge in [-0.15, -0.1) is 0 Å². The van der Waals surface area contributed by atoms with Gasteiger partial charge in [0.05, 0.1) is 0 Å². The largest absolute Gasteiger partial charge is 0.353 e. The van der Waals surface area contributed by atoms with E-state index < -0.39 is 0 Å². The normalized spacial score (nSPS) is 35.4. The van der Waals surface area contributed by atoms with Crippen molar-refractivity contribution in [2.75, 3.05) is 0 Å². The van der Waals surface area contributed by atoms with Gasteiger partial charge in [-0.1, -0.05) is 19.1 Å². The first-order chi connectivity index (χ1) is 6.78. The lowest BCUT2D eigenvalue weighted by atomic mass is 9.74. The molecule has 0 saturated heterocycles. The summed E-state index contributed by atoms with van der Waals surface area (Å²) in [5, 5.41) is 3.12. The lowest BCUT2D eigenvalue weighted by Crippen LogP contribution is -2.41. The third-order valence-electron chi connectivity index (χ3n) is 3.41. The highest BCUT2D eigenvalue weighted by Gasteiger charge is 2.29. The molecule has 1 fully saturated rings. The Balaban J connectivity index is 1.90. The Hall–Kier alpha value is -0.790. The van der Waals surface area contributed by atoms with Crippen LogP contribution in [0, 0.1) is 11.8 Å². The van der Waals surface area contributed by atoms with Crippen LogP contribution in [-0.2, 0) is 4.79 Å². The minimum atomic E-state index is 0.207. The fourth-order valence-corrected chi connectivity index (χ4v) is 2.75. The fraction of sp³-hybridized carbons (Fsp3) is 0.750. The lowest BCUT2D eigenvalue weighted by Gasteiger charge is -2.36. The van der Waals surface area contributed by atoms with Crippen molar-refractivity contribution >= 4 is 5.91 Å². The molecular formula is C12H19NO. The molecule has 3 unspecified atom stereocenters. The quantitative estimate of drug-likeness (QED) is 0.670. The standard InChI is InChI=1S/C12H19NO/c1-2-12(14)13-11-7-9-4-3-5-10(6-9)8-11/h3-4,9-11H,2,5-8H2,1H3,(H,13,14). The summed E-state index contributed by atoms with van der Waals surface area (Å²) in [4.78, 5) is 11.3. The van der Waals surface area contributed by atoms with E-state index in [1.165, 1.54) is 19.3 Å². The molecule has 1 amide bonds. The molecule has 0 aliphatic heterocycles. The van der Waals surface area contributed by atoms with Gasteiger partial charge in [0.2, 0.25) is 5.91 Å². The number of hydrogen-bond acceptors (Lipinski definition) is 1. The van der Waals surface area contributed by atoms with E-state index in [-0.39, 0.29) is 5.91 Å². The molecule has 2 aliphatic carbocycles. The van der Waals surface area contributed by atoms with E-state index in [0.29, 0.717) is 12.5 Å². The highest BCUT2D eigenvalue weighted by Crippen LogP contribution is 2.35. The molecule has 1 saturated carbocycles. The molecule has 0 radical (unpaired) electrons. The van der Waals surface area contributed by atoms with E-state index in [4.69, 9.17) is 0 Å². The summed E-state index contributed by atoms with van der Waals surface area (Å²) in [6, 6.07) is 0.441. The summed E-state index contributed by atoms with van der Waals surface area (Å²) in [5.74, 6) is 1.75. The first-order valence-electron chi connectivity index (χ1n) is 5.74. The third-order valence-corrected chi connectivity index (χ3v) is 3.41. The molecule has 2 heteroatoms. The summed E-state index contributed by atoms with van der Waals surface area (Å²) in [6.45, 7) is 1.92. The van der Waals surface area contributed by atoms with E-state index in [0.717, 1.165) is 18.3 Å². The van der Waals surface area contributed by atoms with Crippen molar-refractivity contribution in [1.82, 2.24) is 5.32 Å². The molecule has 2 rings (SSSR count). The van der Waals surface area contributed by atoms with Gasteiger partial charge in [0.15, 0.2) is 0 Å². The first kappa shape index (κ1) is 9.75. The second-order valence-corrected chi connectivity index (χ2v) is 4.62. The average molecular weight is 193 g/mol. The second-order valence-electron chi connectivity index (χ2n) is 4.62. The van der Waals surface area contributed by atoms with Crippen molar-refractivity contribution in [3.8, 4) is 0 Å². The smallest absolute Gasteiger partial charge is 0.219 e. The molecule has 78 valence electrons. The maximum absolute atomic E-state index is 11.3. The van der Waals surface area contributed by atoms with Gasteiger partial charge < -0.3 is 5.32 Å². The Labute approximate surface area is 85.8 Å². The zero-order valence-electron chi connectivity index (χ0n) is 8.83. The molecule has 3 atom stereocenters. The van der Waals surface area contributed by atoms with Crippen molar-refractivity contribution in [2.24, 2.45) is 11.8 Å². The zero-order chi connectivity index (χ0) is 9.97. The topological polar surface area (TPSA) is 29.1 Å². The Bertz CT molecular complexity index is 247. The summed E-state index contributed by atoms with van der Waals surface area (Å²) >= 11 is 0. The van der Waals surface area contributed by atoms with Crippen LogP contribution in [0.15, 0.2) is 12.2 Å². The van der Waals surface area contributed by atoms with Crippen molar-refractivity contribution in [2.45, 2.75) is 45.1 Å². The average Bonchev–Trinajstić information content (AvgIpc) is 2.17. The van der Waals surface area contributed by atoms with Gasteiger partial charge in [0.25, 0.3) is 0 Å². The zero-order valence-corrected chi connectivity index (χ0v) is 8.83. The van der Waals surface area contributed by atoms with Crippen LogP contribution in [0.4, 0.5) is 0 Å². The monoisotopic (exact) mass is 193 g/mol. The molecule has 0 aromatic carbocycles. The van der Waals surface area contributed by atoms with Crippen LogP contribution in [0.2, 0.25) is 0 Å². The Morgan fingerprint density at radius 3 is 3.00 bits per heavy atom. The maximum atomic E-state index is 11.3. The number of fused-ring (bicyclic) bond motifs is 2. The van der Waals surface area contributed by atoms with Crippen LogP contribution in [0.25, 0.3) is 0 Å². The Morgan fingerprint density at radius 2 is 2.29 bits per heavy atom. The third kappa shape index (κ3) is 2.17. The van der Waals surface area contributed by atoms with E-state index in [2.05, 4.69) is 17.5 Å². The number of allylic oxidation sites excluding steroid dienone is 2. The fourth-order valence-electron chi connectivity index (χ4n) is 2.75. The molecule has 14 heavy (non-hydrogen) atoms. The minimum Gasteiger partial charge on any atom is -0.353 e. The van der Waals surface area contributed by atoms with Gasteiger partial charge in [-0.25, -0.2) is 0 Å². The Morgan fingerprint density at radius 1 is 1.43 bits per heavy atom. The van der Waals surface area contributed by atoms with Gasteiger partial charge >= 0.3 is 0 Å². The van der Waals surface area contributed by atoms with Crippen LogP contribution in [0.5, 0.6) is 0 Å². The van der Waals surface area contributed by atoms with E-state index in [1.54, 1.807) is 0 Å². The van der Waals surface area contributed by atoms with Gasteiger partial charge in [-0.2, -0.15) is 0 Å². The number of rotatable bonds is 2. The van der Waals surface area contributed by atoms with Crippen LogP contribution >= 0.6 is 0 Å². The molecule has 2 bridgehead atoms. The molecule has 2 nitrogen and oxygen atoms in total. The maximum Gasteiger partial charge on any atom is 0.219 e. The van der Waals surface area contributed by atoms with Crippen LogP contribution in [-0.4, -0.2) is 11.9 Å². The molecule has 0 aromatic rings. The van der Waals surface area contributed by atoms with Crippen LogP contribution < -0.4 is 5.32 Å². The van der Waals surface area contributed by atoms with Gasteiger partial charge in [0, 0.05) is 12.5 Å². The molecular weight excluding hydrogens is 174 g/mol. The van der Waals surface area contributed by atoms with E-state index in [9.17, 15) is 4.79 Å². The highest BCUT2D eigenvalue weighted by molar-refractivity contribution is 5.75. The van der Waals surface area contributed by atoms with Crippen LogP contribution in [0.3, 0.4) is 0 Å². The molecule has 2 aliphatic rings. The van der Waals surface area contributed by atoms with Crippen molar-refractivity contribution in [1.29, 1.82) is 0 Å². The number of nitrogens with one attached hydrogen (secondary N) is 1. The van der Waals surface area contributed by atoms with Gasteiger partial charge in [0.1, 0.15) is 0 Å². The molecule has 0 aromatic heterocycles. The molecule has 0 spiro atoms. The predicted octanol–water partition coefficient (Wildman–Crippen LogP) is 2.26. The molecule has 0 heterocycles. The number of carbonyl (C=O) groups is 1. The van der Waals surface area contributed by atoms with Crippen molar-refractivity contribution < 1.29 is 4.79 Å². The number of carbonyl (C=O) groups excluding carboxylic acids is 1. The lowest BCUT2D eigenvalue weighted by molar-refractivity contribution is -0.121. The predicted molar refractivity (Wildman–Crippen MR) is 56.8 cm³/mol. The minimum absolute atomic E-state index is 0.207. The summed E-state index contributed by atoms with van der Waals surface area (Å²) in [5.41, 5.74) is 0. The highest BCUT2D eigenvalue weighted by atomic mass is 16.1. The number of amides is 1. The second kappa shape index (κ2) is 4.16.